The Morgan fingerprint density at radius 3 is 2.81 bits per heavy atom. The average molecular weight is 312 g/mol. The van der Waals surface area contributed by atoms with Crippen LogP contribution < -0.4 is 5.32 Å². The van der Waals surface area contributed by atoms with E-state index in [2.05, 4.69) is 24.1 Å². The zero-order valence-electron chi connectivity index (χ0n) is 13.1. The first-order valence-corrected chi connectivity index (χ1v) is 7.46. The Kier molecular flexibility index (Phi) is 6.62. The van der Waals surface area contributed by atoms with Gasteiger partial charge in [-0.3, -0.25) is 9.78 Å². The van der Waals surface area contributed by atoms with Crippen molar-refractivity contribution >= 4 is 18.3 Å². The van der Waals surface area contributed by atoms with Crippen molar-refractivity contribution in [1.29, 1.82) is 0 Å². The van der Waals surface area contributed by atoms with Gasteiger partial charge in [-0.05, 0) is 43.9 Å². The van der Waals surface area contributed by atoms with Crippen LogP contribution in [0.15, 0.2) is 24.4 Å². The molecule has 0 radical (unpaired) electrons. The highest BCUT2D eigenvalue weighted by molar-refractivity contribution is 5.85. The summed E-state index contributed by atoms with van der Waals surface area (Å²) in [6, 6.07) is 5.74. The molecule has 118 valence electrons. The first-order chi connectivity index (χ1) is 9.54. The molecular formula is C16H26ClN3O. The third-order valence-corrected chi connectivity index (χ3v) is 4.15. The van der Waals surface area contributed by atoms with E-state index in [0.717, 1.165) is 25.1 Å². The molecule has 0 aliphatic carbocycles. The molecule has 1 aromatic heterocycles. The van der Waals surface area contributed by atoms with Crippen molar-refractivity contribution in [3.05, 3.63) is 30.1 Å². The van der Waals surface area contributed by atoms with Crippen LogP contribution in [0, 0.1) is 5.41 Å². The van der Waals surface area contributed by atoms with Crippen molar-refractivity contribution in [3.63, 3.8) is 0 Å². The van der Waals surface area contributed by atoms with E-state index in [-0.39, 0.29) is 29.8 Å². The van der Waals surface area contributed by atoms with Gasteiger partial charge in [0.1, 0.15) is 0 Å². The number of nitrogens with zero attached hydrogens (tertiary/aromatic N) is 2. The van der Waals surface area contributed by atoms with E-state index in [1.54, 1.807) is 6.20 Å². The van der Waals surface area contributed by atoms with Crippen molar-refractivity contribution in [2.24, 2.45) is 5.41 Å². The van der Waals surface area contributed by atoms with Gasteiger partial charge in [-0.2, -0.15) is 0 Å². The van der Waals surface area contributed by atoms with E-state index in [1.807, 2.05) is 30.0 Å². The second-order valence-electron chi connectivity index (χ2n) is 6.15. The van der Waals surface area contributed by atoms with Gasteiger partial charge in [-0.1, -0.05) is 19.9 Å². The van der Waals surface area contributed by atoms with E-state index >= 15 is 0 Å². The van der Waals surface area contributed by atoms with Gasteiger partial charge < -0.3 is 10.2 Å². The van der Waals surface area contributed by atoms with Crippen LogP contribution in [-0.2, 0) is 11.3 Å². The van der Waals surface area contributed by atoms with Crippen LogP contribution in [0.2, 0.25) is 0 Å². The monoisotopic (exact) mass is 311 g/mol. The zero-order chi connectivity index (χ0) is 14.6. The van der Waals surface area contributed by atoms with Gasteiger partial charge in [0.15, 0.2) is 0 Å². The SMILES string of the molecule is CCN(Cc1ccccn1)C(=O)C1NCCCC1(C)C.Cl. The van der Waals surface area contributed by atoms with Gasteiger partial charge in [-0.25, -0.2) is 0 Å². The van der Waals surface area contributed by atoms with Crippen molar-refractivity contribution in [3.8, 4) is 0 Å². The highest BCUT2D eigenvalue weighted by Gasteiger charge is 2.38. The van der Waals surface area contributed by atoms with E-state index in [1.165, 1.54) is 0 Å². The Hall–Kier alpha value is -1.13. The number of aromatic nitrogens is 1. The van der Waals surface area contributed by atoms with E-state index < -0.39 is 0 Å². The smallest absolute Gasteiger partial charge is 0.240 e. The van der Waals surface area contributed by atoms with E-state index in [4.69, 9.17) is 0 Å². The van der Waals surface area contributed by atoms with Crippen molar-refractivity contribution in [1.82, 2.24) is 15.2 Å². The molecule has 0 bridgehead atoms. The fourth-order valence-electron chi connectivity index (χ4n) is 2.85. The van der Waals surface area contributed by atoms with Crippen LogP contribution >= 0.6 is 12.4 Å². The lowest BCUT2D eigenvalue weighted by Gasteiger charge is -2.40. The Morgan fingerprint density at radius 2 is 2.24 bits per heavy atom. The van der Waals surface area contributed by atoms with Crippen LogP contribution in [0.3, 0.4) is 0 Å². The number of nitrogens with one attached hydrogen (secondary N) is 1. The summed E-state index contributed by atoms with van der Waals surface area (Å²) in [5.41, 5.74) is 0.962. The summed E-state index contributed by atoms with van der Waals surface area (Å²) in [6.07, 6.45) is 4.01. The number of amides is 1. The van der Waals surface area contributed by atoms with Gasteiger partial charge in [0.25, 0.3) is 0 Å². The molecule has 5 heteroatoms. The Morgan fingerprint density at radius 1 is 1.48 bits per heavy atom. The topological polar surface area (TPSA) is 45.2 Å². The number of piperidine rings is 1. The molecule has 21 heavy (non-hydrogen) atoms. The van der Waals surface area contributed by atoms with Crippen molar-refractivity contribution < 1.29 is 4.79 Å². The van der Waals surface area contributed by atoms with Crippen LogP contribution in [0.5, 0.6) is 0 Å². The minimum atomic E-state index is -0.0834. The van der Waals surface area contributed by atoms with Crippen LogP contribution in [0.1, 0.15) is 39.3 Å². The number of pyridine rings is 1. The summed E-state index contributed by atoms with van der Waals surface area (Å²) in [5.74, 6) is 0.197. The van der Waals surface area contributed by atoms with Gasteiger partial charge in [0.05, 0.1) is 18.3 Å². The molecule has 1 amide bonds. The highest BCUT2D eigenvalue weighted by atomic mass is 35.5. The molecule has 2 heterocycles. The summed E-state index contributed by atoms with van der Waals surface area (Å²) < 4.78 is 0. The summed E-state index contributed by atoms with van der Waals surface area (Å²) in [4.78, 5) is 19.0. The largest absolute Gasteiger partial charge is 0.336 e. The molecular weight excluding hydrogens is 286 g/mol. The number of carbonyl (C=O) groups is 1. The fraction of sp³-hybridized carbons (Fsp3) is 0.625. The number of carbonyl (C=O) groups excluding carboxylic acids is 1. The number of likely N-dealkylation sites (N-methyl/N-ethyl adjacent to an activating group) is 1. The maximum absolute atomic E-state index is 12.8. The van der Waals surface area contributed by atoms with Crippen LogP contribution in [0.25, 0.3) is 0 Å². The number of hydrogen-bond acceptors (Lipinski definition) is 3. The van der Waals surface area contributed by atoms with Crippen molar-refractivity contribution in [2.75, 3.05) is 13.1 Å². The first kappa shape index (κ1) is 17.9. The molecule has 1 aliphatic heterocycles. The lowest BCUT2D eigenvalue weighted by atomic mass is 9.77. The average Bonchev–Trinajstić information content (AvgIpc) is 2.45. The van der Waals surface area contributed by atoms with E-state index in [9.17, 15) is 4.79 Å². The predicted octanol–water partition coefficient (Wildman–Crippen LogP) is 2.63. The molecule has 1 aromatic rings. The molecule has 0 saturated carbocycles. The molecule has 1 saturated heterocycles. The van der Waals surface area contributed by atoms with Crippen molar-refractivity contribution in [2.45, 2.75) is 46.2 Å². The zero-order valence-corrected chi connectivity index (χ0v) is 13.9. The molecule has 2 rings (SSSR count). The van der Waals surface area contributed by atoms with Gasteiger partial charge in [0.2, 0.25) is 5.91 Å². The standard InChI is InChI=1S/C16H25N3O.ClH/c1-4-19(12-13-8-5-6-10-17-13)15(20)14-16(2,3)9-7-11-18-14;/h5-6,8,10,14,18H,4,7,9,11-12H2,1-3H3;1H. The maximum Gasteiger partial charge on any atom is 0.240 e. The van der Waals surface area contributed by atoms with E-state index in [0.29, 0.717) is 13.1 Å². The summed E-state index contributed by atoms with van der Waals surface area (Å²) in [6.45, 7) is 8.61. The highest BCUT2D eigenvalue weighted by Crippen LogP contribution is 2.31. The summed E-state index contributed by atoms with van der Waals surface area (Å²) >= 11 is 0. The van der Waals surface area contributed by atoms with Gasteiger partial charge >= 0.3 is 0 Å². The van der Waals surface area contributed by atoms with Gasteiger partial charge in [0, 0.05) is 12.7 Å². The Bertz CT molecular complexity index is 450. The lowest BCUT2D eigenvalue weighted by Crippen LogP contribution is -2.56. The van der Waals surface area contributed by atoms with Crippen LogP contribution in [-0.4, -0.2) is 34.9 Å². The predicted molar refractivity (Wildman–Crippen MR) is 87.4 cm³/mol. The minimum Gasteiger partial charge on any atom is -0.336 e. The van der Waals surface area contributed by atoms with Crippen LogP contribution in [0.4, 0.5) is 0 Å². The third-order valence-electron chi connectivity index (χ3n) is 4.15. The lowest BCUT2D eigenvalue weighted by molar-refractivity contribution is -0.137. The third kappa shape index (κ3) is 4.42. The molecule has 1 fully saturated rings. The summed E-state index contributed by atoms with van der Waals surface area (Å²) in [5, 5.41) is 3.40. The molecule has 1 aliphatic rings. The number of hydrogen-bond donors (Lipinski definition) is 1. The first-order valence-electron chi connectivity index (χ1n) is 7.46. The number of rotatable bonds is 4. The summed E-state index contributed by atoms with van der Waals surface area (Å²) in [7, 11) is 0. The Labute approximate surface area is 133 Å². The molecule has 4 nitrogen and oxygen atoms in total. The normalized spacial score (nSPS) is 20.4. The minimum absolute atomic E-state index is 0. The molecule has 1 N–H and O–H groups in total. The second-order valence-corrected chi connectivity index (χ2v) is 6.15. The fourth-order valence-corrected chi connectivity index (χ4v) is 2.85. The maximum atomic E-state index is 12.8. The quantitative estimate of drug-likeness (QED) is 0.929. The molecule has 0 aromatic carbocycles. The second kappa shape index (κ2) is 7.76. The number of halogens is 1. The molecule has 1 atom stereocenters. The molecule has 0 spiro atoms. The molecule has 1 unspecified atom stereocenters. The Balaban J connectivity index is 0.00000220. The van der Waals surface area contributed by atoms with Gasteiger partial charge in [-0.15, -0.1) is 12.4 Å².